The average molecular weight is 391 g/mol. The first-order valence-electron chi connectivity index (χ1n) is 9.80. The van der Waals surface area contributed by atoms with Crippen LogP contribution in [0.2, 0.25) is 0 Å². The predicted octanol–water partition coefficient (Wildman–Crippen LogP) is 2.86. The Morgan fingerprint density at radius 3 is 2.79 bits per heavy atom. The van der Waals surface area contributed by atoms with Crippen molar-refractivity contribution in [2.75, 3.05) is 6.54 Å². The number of nitrogens with zero attached hydrogens (tertiary/aromatic N) is 1. The number of benzene rings is 2. The van der Waals surface area contributed by atoms with Gasteiger partial charge in [0.15, 0.2) is 0 Å². The van der Waals surface area contributed by atoms with Crippen LogP contribution in [-0.4, -0.2) is 44.8 Å². The fourth-order valence-electron chi connectivity index (χ4n) is 4.10. The van der Waals surface area contributed by atoms with Crippen LogP contribution in [0.5, 0.6) is 0 Å². The van der Waals surface area contributed by atoms with Crippen LogP contribution in [0.1, 0.15) is 23.1 Å². The van der Waals surface area contributed by atoms with Gasteiger partial charge in [0, 0.05) is 42.3 Å². The summed E-state index contributed by atoms with van der Waals surface area (Å²) in [5, 5.41) is 20.0. The third-order valence-electron chi connectivity index (χ3n) is 5.54. The number of H-pyrrole nitrogens is 1. The lowest BCUT2D eigenvalue weighted by Gasteiger charge is -2.24. The largest absolute Gasteiger partial charge is 0.392 e. The number of likely N-dealkylation sites (tertiary alicyclic amines) is 1. The highest BCUT2D eigenvalue weighted by Crippen LogP contribution is 2.27. The summed E-state index contributed by atoms with van der Waals surface area (Å²) in [7, 11) is 0. The van der Waals surface area contributed by atoms with Gasteiger partial charge in [-0.25, -0.2) is 5.48 Å². The molecular formula is C23H25N3O3. The maximum Gasteiger partial charge on any atom is 0.267 e. The van der Waals surface area contributed by atoms with Crippen LogP contribution in [-0.2, 0) is 17.8 Å². The Balaban J connectivity index is 1.44. The number of aliphatic hydroxyl groups is 1. The maximum atomic E-state index is 11.1. The molecule has 0 unspecified atom stereocenters. The molecule has 29 heavy (non-hydrogen) atoms. The van der Waals surface area contributed by atoms with E-state index in [1.54, 1.807) is 11.6 Å². The number of para-hydroxylation sites is 1. The van der Waals surface area contributed by atoms with Crippen molar-refractivity contribution in [3.05, 3.63) is 77.5 Å². The van der Waals surface area contributed by atoms with E-state index in [0.717, 1.165) is 36.0 Å². The molecule has 2 aromatic carbocycles. The first kappa shape index (κ1) is 19.4. The van der Waals surface area contributed by atoms with E-state index in [9.17, 15) is 9.90 Å². The van der Waals surface area contributed by atoms with Gasteiger partial charge in [-0.15, -0.1) is 0 Å². The summed E-state index contributed by atoms with van der Waals surface area (Å²) in [4.78, 5) is 16.8. The van der Waals surface area contributed by atoms with Gasteiger partial charge in [0.05, 0.1) is 6.10 Å². The smallest absolute Gasteiger partial charge is 0.267 e. The molecule has 1 amide bonds. The predicted molar refractivity (Wildman–Crippen MR) is 112 cm³/mol. The molecule has 6 heteroatoms. The van der Waals surface area contributed by atoms with Crippen LogP contribution in [0, 0.1) is 0 Å². The molecule has 0 spiro atoms. The fourth-order valence-corrected chi connectivity index (χ4v) is 4.10. The van der Waals surface area contributed by atoms with Crippen molar-refractivity contribution in [3.8, 4) is 0 Å². The standard InChI is InChI=1S/C23H25N3O3/c27-20-12-19(11-18-13-24-22-4-2-1-3-21(18)22)26(15-20)14-17-7-5-16(6-8-17)9-10-23(28)25-29/h1-10,13,19-20,24,27,29H,11-12,14-15H2,(H,25,28)/t19-,20-/m0/s1. The minimum absolute atomic E-state index is 0.289. The van der Waals surface area contributed by atoms with Gasteiger partial charge >= 0.3 is 0 Å². The van der Waals surface area contributed by atoms with E-state index in [-0.39, 0.29) is 12.1 Å². The van der Waals surface area contributed by atoms with Gasteiger partial charge in [-0.1, -0.05) is 42.5 Å². The van der Waals surface area contributed by atoms with Gasteiger partial charge < -0.3 is 10.1 Å². The second kappa shape index (κ2) is 8.61. The van der Waals surface area contributed by atoms with Gasteiger partial charge in [0.25, 0.3) is 5.91 Å². The lowest BCUT2D eigenvalue weighted by molar-refractivity contribution is -0.124. The van der Waals surface area contributed by atoms with Gasteiger partial charge in [-0.3, -0.25) is 14.9 Å². The number of fused-ring (bicyclic) bond motifs is 1. The number of β-amino-alcohol motifs (C(OH)–C–C–N with tert-alkyl or cyclic N) is 1. The van der Waals surface area contributed by atoms with Crippen LogP contribution < -0.4 is 5.48 Å². The fraction of sp³-hybridized carbons (Fsp3) is 0.261. The molecule has 4 N–H and O–H groups in total. The van der Waals surface area contributed by atoms with Crippen LogP contribution in [0.25, 0.3) is 17.0 Å². The topological polar surface area (TPSA) is 88.6 Å². The molecule has 2 atom stereocenters. The first-order chi connectivity index (χ1) is 14.1. The molecule has 6 nitrogen and oxygen atoms in total. The molecule has 0 radical (unpaired) electrons. The first-order valence-corrected chi connectivity index (χ1v) is 9.80. The molecule has 1 saturated heterocycles. The molecule has 1 aliphatic heterocycles. The molecule has 0 aliphatic carbocycles. The van der Waals surface area contributed by atoms with Gasteiger partial charge in [-0.05, 0) is 41.7 Å². The number of aliphatic hydroxyl groups excluding tert-OH is 1. The van der Waals surface area contributed by atoms with Gasteiger partial charge in [0.2, 0.25) is 0 Å². The number of aromatic nitrogens is 1. The highest BCUT2D eigenvalue weighted by molar-refractivity contribution is 5.90. The van der Waals surface area contributed by atoms with Crippen molar-refractivity contribution in [2.45, 2.75) is 31.5 Å². The summed E-state index contributed by atoms with van der Waals surface area (Å²) in [5.41, 5.74) is 6.05. The molecule has 3 aromatic rings. The average Bonchev–Trinajstić information content (AvgIpc) is 3.30. The Morgan fingerprint density at radius 2 is 2.00 bits per heavy atom. The quantitative estimate of drug-likeness (QED) is 0.296. The number of hydrogen-bond donors (Lipinski definition) is 4. The molecule has 0 bridgehead atoms. The van der Waals surface area contributed by atoms with Crippen LogP contribution in [0.4, 0.5) is 0 Å². The summed E-state index contributed by atoms with van der Waals surface area (Å²) >= 11 is 0. The Kier molecular flexibility index (Phi) is 5.76. The van der Waals surface area contributed by atoms with Crippen molar-refractivity contribution in [1.82, 2.24) is 15.4 Å². The molecular weight excluding hydrogens is 366 g/mol. The second-order valence-electron chi connectivity index (χ2n) is 7.59. The number of aromatic amines is 1. The maximum absolute atomic E-state index is 11.1. The van der Waals surface area contributed by atoms with E-state index in [0.29, 0.717) is 6.54 Å². The van der Waals surface area contributed by atoms with Crippen molar-refractivity contribution in [2.24, 2.45) is 0 Å². The summed E-state index contributed by atoms with van der Waals surface area (Å²) in [6.45, 7) is 1.44. The van der Waals surface area contributed by atoms with Crippen LogP contribution in [0.15, 0.2) is 60.8 Å². The van der Waals surface area contributed by atoms with E-state index in [1.165, 1.54) is 17.0 Å². The Hall–Kier alpha value is -2.93. The van der Waals surface area contributed by atoms with E-state index in [1.807, 2.05) is 30.3 Å². The number of hydrogen-bond acceptors (Lipinski definition) is 4. The highest BCUT2D eigenvalue weighted by atomic mass is 16.5. The molecule has 150 valence electrons. The minimum atomic E-state index is -0.555. The van der Waals surface area contributed by atoms with Crippen LogP contribution in [0.3, 0.4) is 0 Å². The van der Waals surface area contributed by atoms with E-state index in [2.05, 4.69) is 34.3 Å². The lowest BCUT2D eigenvalue weighted by Crippen LogP contribution is -2.30. The van der Waals surface area contributed by atoms with Gasteiger partial charge in [0.1, 0.15) is 0 Å². The number of rotatable bonds is 6. The third kappa shape index (κ3) is 4.56. The molecule has 4 rings (SSSR count). The summed E-state index contributed by atoms with van der Waals surface area (Å²) in [6.07, 6.45) is 6.38. The Morgan fingerprint density at radius 1 is 1.21 bits per heavy atom. The second-order valence-corrected chi connectivity index (χ2v) is 7.59. The molecule has 1 fully saturated rings. The Bertz CT molecular complexity index is 1010. The van der Waals surface area contributed by atoms with Gasteiger partial charge in [-0.2, -0.15) is 0 Å². The summed E-state index contributed by atoms with van der Waals surface area (Å²) in [6, 6.07) is 16.5. The van der Waals surface area contributed by atoms with E-state index >= 15 is 0 Å². The Labute approximate surface area is 169 Å². The molecule has 0 saturated carbocycles. The third-order valence-corrected chi connectivity index (χ3v) is 5.54. The number of carbonyl (C=O) groups is 1. The summed E-state index contributed by atoms with van der Waals surface area (Å²) in [5.74, 6) is -0.555. The van der Waals surface area contributed by atoms with Crippen molar-refractivity contribution in [1.29, 1.82) is 0 Å². The normalized spacial score (nSPS) is 19.9. The minimum Gasteiger partial charge on any atom is -0.392 e. The van der Waals surface area contributed by atoms with Crippen molar-refractivity contribution < 1.29 is 15.1 Å². The highest BCUT2D eigenvalue weighted by Gasteiger charge is 2.31. The van der Waals surface area contributed by atoms with Crippen LogP contribution >= 0.6 is 0 Å². The SMILES string of the molecule is O=C(C=Cc1ccc(CN2C[C@@H](O)C[C@@H]2Cc2c[nH]c3ccccc23)cc1)NO. The molecule has 1 aliphatic rings. The van der Waals surface area contributed by atoms with E-state index in [4.69, 9.17) is 5.21 Å². The number of hydroxylamine groups is 1. The zero-order valence-corrected chi connectivity index (χ0v) is 16.1. The summed E-state index contributed by atoms with van der Waals surface area (Å²) < 4.78 is 0. The number of carbonyl (C=O) groups excluding carboxylic acids is 1. The van der Waals surface area contributed by atoms with E-state index < -0.39 is 5.91 Å². The number of amides is 1. The molecule has 1 aromatic heterocycles. The van der Waals surface area contributed by atoms with Crippen molar-refractivity contribution >= 4 is 22.9 Å². The zero-order valence-electron chi connectivity index (χ0n) is 16.1. The number of nitrogens with one attached hydrogen (secondary N) is 2. The monoisotopic (exact) mass is 391 g/mol. The lowest BCUT2D eigenvalue weighted by atomic mass is 10.0. The molecule has 2 heterocycles. The van der Waals surface area contributed by atoms with Crippen molar-refractivity contribution in [3.63, 3.8) is 0 Å². The zero-order chi connectivity index (χ0) is 20.2.